The zero-order valence-electron chi connectivity index (χ0n) is 15.3. The number of carbonyl (C=O) groups is 1. The lowest BCUT2D eigenvalue weighted by Gasteiger charge is -2.28. The van der Waals surface area contributed by atoms with Crippen molar-refractivity contribution in [3.63, 3.8) is 0 Å². The third-order valence-corrected chi connectivity index (χ3v) is 5.20. The van der Waals surface area contributed by atoms with Crippen molar-refractivity contribution in [3.05, 3.63) is 58.5 Å². The average Bonchev–Trinajstić information content (AvgIpc) is 3.13. The highest BCUT2D eigenvalue weighted by Gasteiger charge is 2.20. The predicted octanol–water partition coefficient (Wildman–Crippen LogP) is 1.76. The quantitative estimate of drug-likeness (QED) is 0.738. The number of H-pyrrole nitrogens is 1. The van der Waals surface area contributed by atoms with Gasteiger partial charge >= 0.3 is 0 Å². The van der Waals surface area contributed by atoms with Gasteiger partial charge in [-0.15, -0.1) is 0 Å². The monoisotopic (exact) mass is 365 g/mol. The highest BCUT2D eigenvalue weighted by atomic mass is 16.2. The van der Waals surface area contributed by atoms with E-state index in [4.69, 9.17) is 0 Å². The summed E-state index contributed by atoms with van der Waals surface area (Å²) in [4.78, 5) is 32.0. The first kappa shape index (κ1) is 17.5. The van der Waals surface area contributed by atoms with Crippen molar-refractivity contribution in [2.75, 3.05) is 26.7 Å². The van der Waals surface area contributed by atoms with Crippen LogP contribution in [0, 0.1) is 5.92 Å². The standard InChI is InChI=1S/C20H23N5O2/c1-24-9-7-14(8-10-24)12-21-20(27)16-13-22-25-18(26)11-17(23-19(16)25)15-5-3-2-4-6-15/h2-6,11,13-14,22H,7-10,12H2,1H3,(H,21,27). The number of aromatic nitrogens is 3. The van der Waals surface area contributed by atoms with E-state index in [-0.39, 0.29) is 11.5 Å². The van der Waals surface area contributed by atoms with Gasteiger partial charge in [0.2, 0.25) is 0 Å². The largest absolute Gasteiger partial charge is 0.352 e. The van der Waals surface area contributed by atoms with Crippen molar-refractivity contribution >= 4 is 11.6 Å². The molecule has 7 heteroatoms. The minimum atomic E-state index is -0.242. The number of rotatable bonds is 4. The van der Waals surface area contributed by atoms with Gasteiger partial charge in [0.05, 0.1) is 5.69 Å². The number of fused-ring (bicyclic) bond motifs is 1. The van der Waals surface area contributed by atoms with E-state index in [1.54, 1.807) is 6.20 Å². The van der Waals surface area contributed by atoms with Gasteiger partial charge in [0.25, 0.3) is 11.5 Å². The predicted molar refractivity (Wildman–Crippen MR) is 104 cm³/mol. The molecule has 27 heavy (non-hydrogen) atoms. The summed E-state index contributed by atoms with van der Waals surface area (Å²) >= 11 is 0. The van der Waals surface area contributed by atoms with E-state index in [9.17, 15) is 9.59 Å². The molecule has 7 nitrogen and oxygen atoms in total. The molecule has 2 N–H and O–H groups in total. The first-order valence-electron chi connectivity index (χ1n) is 9.25. The van der Waals surface area contributed by atoms with Gasteiger partial charge in [-0.2, -0.15) is 0 Å². The molecule has 0 aliphatic carbocycles. The van der Waals surface area contributed by atoms with Crippen LogP contribution in [0.5, 0.6) is 0 Å². The molecule has 1 fully saturated rings. The van der Waals surface area contributed by atoms with Gasteiger partial charge in [0.1, 0.15) is 5.56 Å². The number of carbonyl (C=O) groups excluding carboxylic acids is 1. The maximum absolute atomic E-state index is 12.7. The highest BCUT2D eigenvalue weighted by molar-refractivity contribution is 5.99. The molecule has 140 valence electrons. The van der Waals surface area contributed by atoms with E-state index in [0.717, 1.165) is 31.5 Å². The highest BCUT2D eigenvalue weighted by Crippen LogP contribution is 2.18. The summed E-state index contributed by atoms with van der Waals surface area (Å²) in [7, 11) is 2.12. The number of piperidine rings is 1. The molecule has 4 rings (SSSR count). The fraction of sp³-hybridized carbons (Fsp3) is 0.350. The number of nitrogens with one attached hydrogen (secondary N) is 2. The molecule has 1 amide bonds. The second-order valence-electron chi connectivity index (χ2n) is 7.15. The van der Waals surface area contributed by atoms with Crippen LogP contribution < -0.4 is 10.9 Å². The zero-order chi connectivity index (χ0) is 18.8. The van der Waals surface area contributed by atoms with Gasteiger partial charge in [-0.05, 0) is 38.9 Å². The van der Waals surface area contributed by atoms with Crippen LogP contribution in [0.15, 0.2) is 47.4 Å². The van der Waals surface area contributed by atoms with E-state index in [2.05, 4.69) is 27.3 Å². The fourth-order valence-electron chi connectivity index (χ4n) is 3.50. The summed E-state index contributed by atoms with van der Waals surface area (Å²) in [6.45, 7) is 2.77. The Kier molecular flexibility index (Phi) is 4.77. The van der Waals surface area contributed by atoms with Crippen molar-refractivity contribution in [1.29, 1.82) is 0 Å². The van der Waals surface area contributed by atoms with Crippen molar-refractivity contribution in [3.8, 4) is 11.3 Å². The summed E-state index contributed by atoms with van der Waals surface area (Å²) in [5.41, 5.74) is 1.90. The molecule has 1 aromatic carbocycles. The van der Waals surface area contributed by atoms with Crippen molar-refractivity contribution in [2.24, 2.45) is 5.92 Å². The molecule has 0 saturated carbocycles. The number of hydrogen-bond donors (Lipinski definition) is 2. The van der Waals surface area contributed by atoms with Gasteiger partial charge in [-0.1, -0.05) is 30.3 Å². The number of nitrogens with zero attached hydrogens (tertiary/aromatic N) is 3. The van der Waals surface area contributed by atoms with Gasteiger partial charge in [-0.3, -0.25) is 14.7 Å². The average molecular weight is 365 g/mol. The molecule has 3 aromatic rings. The lowest BCUT2D eigenvalue weighted by molar-refractivity contribution is 0.0940. The third-order valence-electron chi connectivity index (χ3n) is 5.20. The molecule has 0 unspecified atom stereocenters. The minimum Gasteiger partial charge on any atom is -0.352 e. The van der Waals surface area contributed by atoms with Crippen LogP contribution in [0.25, 0.3) is 16.9 Å². The van der Waals surface area contributed by atoms with Crippen LogP contribution in [0.2, 0.25) is 0 Å². The molecule has 0 atom stereocenters. The first-order chi connectivity index (χ1) is 13.1. The Labute approximate surface area is 157 Å². The van der Waals surface area contributed by atoms with Crippen molar-refractivity contribution in [2.45, 2.75) is 12.8 Å². The number of aromatic amines is 1. The Bertz CT molecular complexity index is 1000. The Morgan fingerprint density at radius 1 is 1.26 bits per heavy atom. The van der Waals surface area contributed by atoms with Crippen LogP contribution in [-0.2, 0) is 0 Å². The van der Waals surface area contributed by atoms with Gasteiger partial charge in [0.15, 0.2) is 5.65 Å². The normalized spacial score (nSPS) is 15.9. The Morgan fingerprint density at radius 2 is 2.00 bits per heavy atom. The van der Waals surface area contributed by atoms with E-state index in [1.807, 2.05) is 30.3 Å². The Morgan fingerprint density at radius 3 is 2.74 bits per heavy atom. The Hall–Kier alpha value is -2.93. The first-order valence-corrected chi connectivity index (χ1v) is 9.25. The molecule has 2 aromatic heterocycles. The summed E-state index contributed by atoms with van der Waals surface area (Å²) < 4.78 is 1.30. The van der Waals surface area contributed by atoms with E-state index in [1.165, 1.54) is 10.6 Å². The number of amides is 1. The maximum atomic E-state index is 12.7. The minimum absolute atomic E-state index is 0.204. The SMILES string of the molecule is CN1CCC(CNC(=O)c2c[nH]n3c(=O)cc(-c4ccccc4)nc23)CC1. The molecule has 0 bridgehead atoms. The van der Waals surface area contributed by atoms with Crippen LogP contribution >= 0.6 is 0 Å². The van der Waals surface area contributed by atoms with Crippen molar-refractivity contribution < 1.29 is 4.79 Å². The third kappa shape index (κ3) is 3.64. The molecule has 3 heterocycles. The van der Waals surface area contributed by atoms with Gasteiger partial charge in [-0.25, -0.2) is 9.50 Å². The second-order valence-corrected chi connectivity index (χ2v) is 7.15. The van der Waals surface area contributed by atoms with E-state index in [0.29, 0.717) is 29.4 Å². The van der Waals surface area contributed by atoms with Crippen LogP contribution in [-0.4, -0.2) is 52.1 Å². The summed E-state index contributed by atoms with van der Waals surface area (Å²) in [6.07, 6.45) is 3.71. The smallest absolute Gasteiger partial charge is 0.273 e. The van der Waals surface area contributed by atoms with Crippen LogP contribution in [0.1, 0.15) is 23.2 Å². The molecular weight excluding hydrogens is 342 g/mol. The van der Waals surface area contributed by atoms with E-state index < -0.39 is 0 Å². The maximum Gasteiger partial charge on any atom is 0.273 e. The van der Waals surface area contributed by atoms with E-state index >= 15 is 0 Å². The van der Waals surface area contributed by atoms with Crippen molar-refractivity contribution in [1.82, 2.24) is 24.8 Å². The summed E-state index contributed by atoms with van der Waals surface area (Å²) in [5, 5.41) is 5.84. The lowest BCUT2D eigenvalue weighted by Crippen LogP contribution is -2.36. The second kappa shape index (κ2) is 7.36. The molecule has 1 saturated heterocycles. The number of likely N-dealkylation sites (tertiary alicyclic amines) is 1. The van der Waals surface area contributed by atoms with Crippen LogP contribution in [0.3, 0.4) is 0 Å². The topological polar surface area (TPSA) is 82.5 Å². The molecular formula is C20H23N5O2. The van der Waals surface area contributed by atoms with Crippen LogP contribution in [0.4, 0.5) is 0 Å². The Balaban J connectivity index is 1.57. The molecule has 0 spiro atoms. The van der Waals surface area contributed by atoms with Gasteiger partial charge < -0.3 is 10.2 Å². The molecule has 0 radical (unpaired) electrons. The lowest BCUT2D eigenvalue weighted by atomic mass is 9.97. The number of hydrogen-bond acceptors (Lipinski definition) is 4. The summed E-state index contributed by atoms with van der Waals surface area (Å²) in [5.74, 6) is 0.288. The zero-order valence-corrected chi connectivity index (χ0v) is 15.3. The molecule has 1 aliphatic rings. The summed E-state index contributed by atoms with van der Waals surface area (Å²) in [6, 6.07) is 11.0. The fourth-order valence-corrected chi connectivity index (χ4v) is 3.50. The molecule has 1 aliphatic heterocycles. The van der Waals surface area contributed by atoms with Gasteiger partial charge in [0, 0.05) is 24.4 Å². The number of benzene rings is 1.